The number of halogens is 3. The van der Waals surface area contributed by atoms with Crippen LogP contribution in [0.5, 0.6) is 0 Å². The van der Waals surface area contributed by atoms with E-state index in [4.69, 9.17) is 0 Å². The van der Waals surface area contributed by atoms with Crippen LogP contribution in [0, 0.1) is 5.82 Å². The number of alkyl halides is 2. The van der Waals surface area contributed by atoms with Crippen LogP contribution in [-0.2, 0) is 6.42 Å². The van der Waals surface area contributed by atoms with Gasteiger partial charge in [-0.3, -0.25) is 0 Å². The first kappa shape index (κ1) is 12.0. The standard InChI is InChI=1S/C11H14F3N/c1-11(15-2,10(13)14)7-8-3-5-9(12)6-4-8/h3-6,10,15H,7H2,1-2H3. The quantitative estimate of drug-likeness (QED) is 0.817. The van der Waals surface area contributed by atoms with Gasteiger partial charge in [-0.05, 0) is 38.1 Å². The Kier molecular flexibility index (Phi) is 3.74. The van der Waals surface area contributed by atoms with E-state index in [9.17, 15) is 13.2 Å². The van der Waals surface area contributed by atoms with Gasteiger partial charge in [0.2, 0.25) is 0 Å². The van der Waals surface area contributed by atoms with Gasteiger partial charge < -0.3 is 5.32 Å². The van der Waals surface area contributed by atoms with Gasteiger partial charge in [0, 0.05) is 0 Å². The molecule has 84 valence electrons. The van der Waals surface area contributed by atoms with Crippen LogP contribution in [0.4, 0.5) is 13.2 Å². The lowest BCUT2D eigenvalue weighted by molar-refractivity contribution is 0.0451. The molecule has 0 aromatic heterocycles. The van der Waals surface area contributed by atoms with Gasteiger partial charge in [-0.25, -0.2) is 13.2 Å². The van der Waals surface area contributed by atoms with Gasteiger partial charge in [0.05, 0.1) is 5.54 Å². The lowest BCUT2D eigenvalue weighted by Gasteiger charge is -2.28. The summed E-state index contributed by atoms with van der Waals surface area (Å²) >= 11 is 0. The fraction of sp³-hybridized carbons (Fsp3) is 0.455. The number of hydrogen-bond donors (Lipinski definition) is 1. The van der Waals surface area contributed by atoms with Crippen molar-refractivity contribution in [2.45, 2.75) is 25.3 Å². The molecule has 0 fully saturated rings. The van der Waals surface area contributed by atoms with E-state index in [1.54, 1.807) is 0 Å². The van der Waals surface area contributed by atoms with E-state index in [1.165, 1.54) is 38.2 Å². The highest BCUT2D eigenvalue weighted by molar-refractivity contribution is 5.19. The lowest BCUT2D eigenvalue weighted by atomic mass is 9.93. The maximum absolute atomic E-state index is 12.7. The van der Waals surface area contributed by atoms with Crippen molar-refractivity contribution in [3.05, 3.63) is 35.6 Å². The minimum Gasteiger partial charge on any atom is -0.309 e. The summed E-state index contributed by atoms with van der Waals surface area (Å²) in [4.78, 5) is 0. The molecule has 0 amide bonds. The van der Waals surface area contributed by atoms with Crippen LogP contribution in [0.3, 0.4) is 0 Å². The Morgan fingerprint density at radius 1 is 1.27 bits per heavy atom. The van der Waals surface area contributed by atoms with Crippen molar-refractivity contribution in [2.75, 3.05) is 7.05 Å². The van der Waals surface area contributed by atoms with E-state index in [0.29, 0.717) is 5.56 Å². The predicted molar refractivity (Wildman–Crippen MR) is 53.6 cm³/mol. The smallest absolute Gasteiger partial charge is 0.256 e. The zero-order chi connectivity index (χ0) is 11.5. The third kappa shape index (κ3) is 2.96. The first-order valence-electron chi connectivity index (χ1n) is 4.69. The minimum absolute atomic E-state index is 0.168. The van der Waals surface area contributed by atoms with Gasteiger partial charge in [-0.2, -0.15) is 0 Å². The maximum Gasteiger partial charge on any atom is 0.256 e. The molecule has 0 aliphatic rings. The predicted octanol–water partition coefficient (Wildman–Crippen LogP) is 2.61. The number of likely N-dealkylation sites (N-methyl/N-ethyl adjacent to an activating group) is 1. The Hall–Kier alpha value is -1.03. The molecule has 0 radical (unpaired) electrons. The zero-order valence-corrected chi connectivity index (χ0v) is 8.73. The number of benzene rings is 1. The van der Waals surface area contributed by atoms with E-state index in [-0.39, 0.29) is 12.2 Å². The van der Waals surface area contributed by atoms with Gasteiger partial charge in [0.15, 0.2) is 0 Å². The van der Waals surface area contributed by atoms with Crippen LogP contribution in [0.15, 0.2) is 24.3 Å². The van der Waals surface area contributed by atoms with Gasteiger partial charge in [-0.1, -0.05) is 12.1 Å². The molecule has 0 saturated heterocycles. The third-order valence-corrected chi connectivity index (χ3v) is 2.54. The molecule has 0 aliphatic heterocycles. The Morgan fingerprint density at radius 3 is 2.20 bits per heavy atom. The molecular weight excluding hydrogens is 203 g/mol. The average Bonchev–Trinajstić information content (AvgIpc) is 2.21. The summed E-state index contributed by atoms with van der Waals surface area (Å²) in [6.07, 6.45) is -2.30. The Labute approximate surface area is 87.3 Å². The van der Waals surface area contributed by atoms with E-state index < -0.39 is 12.0 Å². The molecule has 15 heavy (non-hydrogen) atoms. The van der Waals surface area contributed by atoms with E-state index in [1.807, 2.05) is 0 Å². The van der Waals surface area contributed by atoms with Crippen LogP contribution >= 0.6 is 0 Å². The SMILES string of the molecule is CNC(C)(Cc1ccc(F)cc1)C(F)F. The van der Waals surface area contributed by atoms with Gasteiger partial charge in [0.1, 0.15) is 5.82 Å². The molecule has 4 heteroatoms. The fourth-order valence-electron chi connectivity index (χ4n) is 1.30. The second-order valence-electron chi connectivity index (χ2n) is 3.77. The summed E-state index contributed by atoms with van der Waals surface area (Å²) in [5.74, 6) is -0.359. The molecule has 1 nitrogen and oxygen atoms in total. The van der Waals surface area contributed by atoms with E-state index in [0.717, 1.165) is 0 Å². The molecule has 1 aromatic carbocycles. The summed E-state index contributed by atoms with van der Waals surface area (Å²) in [6.45, 7) is 1.45. The number of rotatable bonds is 4. The highest BCUT2D eigenvalue weighted by Crippen LogP contribution is 2.20. The summed E-state index contributed by atoms with van der Waals surface area (Å²) in [6, 6.07) is 5.59. The van der Waals surface area contributed by atoms with Crippen LogP contribution in [0.25, 0.3) is 0 Å². The highest BCUT2D eigenvalue weighted by Gasteiger charge is 2.33. The molecule has 1 rings (SSSR count). The van der Waals surface area contributed by atoms with Crippen molar-refractivity contribution in [2.24, 2.45) is 0 Å². The van der Waals surface area contributed by atoms with Crippen molar-refractivity contribution < 1.29 is 13.2 Å². The van der Waals surface area contributed by atoms with Crippen molar-refractivity contribution in [1.82, 2.24) is 5.32 Å². The normalized spacial score (nSPS) is 15.3. The second-order valence-corrected chi connectivity index (χ2v) is 3.77. The molecule has 1 N–H and O–H groups in total. The first-order valence-corrected chi connectivity index (χ1v) is 4.69. The summed E-state index contributed by atoms with van der Waals surface area (Å²) in [5.41, 5.74) is -0.578. The molecule has 1 unspecified atom stereocenters. The molecule has 0 spiro atoms. The maximum atomic E-state index is 12.7. The van der Waals surface area contributed by atoms with E-state index >= 15 is 0 Å². The summed E-state index contributed by atoms with van der Waals surface area (Å²) in [5, 5.41) is 2.60. The zero-order valence-electron chi connectivity index (χ0n) is 8.73. The Bertz CT molecular complexity index is 310. The minimum atomic E-state index is -2.47. The van der Waals surface area contributed by atoms with Gasteiger partial charge in [-0.15, -0.1) is 0 Å². The average molecular weight is 217 g/mol. The van der Waals surface area contributed by atoms with Crippen molar-refractivity contribution in [3.8, 4) is 0 Å². The molecular formula is C11H14F3N. The van der Waals surface area contributed by atoms with Crippen LogP contribution in [-0.4, -0.2) is 19.0 Å². The molecule has 1 atom stereocenters. The Morgan fingerprint density at radius 2 is 1.80 bits per heavy atom. The summed E-state index contributed by atoms with van der Waals surface area (Å²) in [7, 11) is 1.50. The largest absolute Gasteiger partial charge is 0.309 e. The van der Waals surface area contributed by atoms with E-state index in [2.05, 4.69) is 5.32 Å². The van der Waals surface area contributed by atoms with Crippen LogP contribution in [0.1, 0.15) is 12.5 Å². The Balaban J connectivity index is 2.79. The first-order chi connectivity index (χ1) is 6.98. The monoisotopic (exact) mass is 217 g/mol. The van der Waals surface area contributed by atoms with Crippen molar-refractivity contribution in [3.63, 3.8) is 0 Å². The lowest BCUT2D eigenvalue weighted by Crippen LogP contribution is -2.48. The van der Waals surface area contributed by atoms with Gasteiger partial charge in [0.25, 0.3) is 6.43 Å². The highest BCUT2D eigenvalue weighted by atomic mass is 19.3. The molecule has 1 aromatic rings. The van der Waals surface area contributed by atoms with Crippen LogP contribution < -0.4 is 5.32 Å². The topological polar surface area (TPSA) is 12.0 Å². The molecule has 0 heterocycles. The second kappa shape index (κ2) is 4.66. The summed E-state index contributed by atoms with van der Waals surface area (Å²) < 4.78 is 38.0. The van der Waals surface area contributed by atoms with Crippen molar-refractivity contribution >= 4 is 0 Å². The fourth-order valence-corrected chi connectivity index (χ4v) is 1.30. The molecule has 0 bridgehead atoms. The number of nitrogens with one attached hydrogen (secondary N) is 1. The number of hydrogen-bond acceptors (Lipinski definition) is 1. The van der Waals surface area contributed by atoms with Gasteiger partial charge >= 0.3 is 0 Å². The van der Waals surface area contributed by atoms with Crippen LogP contribution in [0.2, 0.25) is 0 Å². The third-order valence-electron chi connectivity index (χ3n) is 2.54. The van der Waals surface area contributed by atoms with Crippen molar-refractivity contribution in [1.29, 1.82) is 0 Å². The molecule has 0 aliphatic carbocycles. The molecule has 0 saturated carbocycles.